The molecule has 0 aliphatic rings. The third kappa shape index (κ3) is 3.28. The van der Waals surface area contributed by atoms with E-state index in [0.29, 0.717) is 17.3 Å². The van der Waals surface area contributed by atoms with Gasteiger partial charge in [0.25, 0.3) is 0 Å². The Morgan fingerprint density at radius 3 is 2.81 bits per heavy atom. The summed E-state index contributed by atoms with van der Waals surface area (Å²) in [6, 6.07) is 3.57. The van der Waals surface area contributed by atoms with Gasteiger partial charge in [-0.2, -0.15) is 0 Å². The molecule has 0 aliphatic carbocycles. The Kier molecular flexibility index (Phi) is 4.38. The van der Waals surface area contributed by atoms with E-state index in [2.05, 4.69) is 0 Å². The summed E-state index contributed by atoms with van der Waals surface area (Å²) in [7, 11) is 0. The molecular weight excluding hydrogens is 226 g/mol. The minimum absolute atomic E-state index is 0.366. The molecule has 0 unspecified atom stereocenters. The molecule has 0 aliphatic heterocycles. The number of hydrogen-bond donors (Lipinski definition) is 1. The number of anilines is 1. The van der Waals surface area contributed by atoms with Gasteiger partial charge in [-0.15, -0.1) is 0 Å². The third-order valence-electron chi connectivity index (χ3n) is 2.06. The zero-order chi connectivity index (χ0) is 12.1. The number of nitrogens with two attached hydrogens (primary N) is 1. The molecule has 1 aromatic carbocycles. The molecule has 0 fully saturated rings. The quantitative estimate of drug-likeness (QED) is 0.501. The SMILES string of the molecule is CCOC(=O)C=Cc1cc(C)c(N)c(Cl)c1. The van der Waals surface area contributed by atoms with Gasteiger partial charge in [-0.05, 0) is 43.2 Å². The molecule has 0 amide bonds. The number of esters is 1. The molecule has 2 N–H and O–H groups in total. The standard InChI is InChI=1S/C12H14ClNO2/c1-3-16-11(15)5-4-9-6-8(2)12(14)10(13)7-9/h4-7H,3,14H2,1-2H3. The average molecular weight is 240 g/mol. The predicted octanol–water partition coefficient (Wildman–Crippen LogP) is 2.81. The summed E-state index contributed by atoms with van der Waals surface area (Å²) in [6.45, 7) is 3.99. The van der Waals surface area contributed by atoms with E-state index in [1.54, 1.807) is 19.1 Å². The monoisotopic (exact) mass is 239 g/mol. The topological polar surface area (TPSA) is 52.3 Å². The van der Waals surface area contributed by atoms with Gasteiger partial charge in [0.1, 0.15) is 0 Å². The zero-order valence-corrected chi connectivity index (χ0v) is 10.0. The van der Waals surface area contributed by atoms with Gasteiger partial charge in [0.2, 0.25) is 0 Å². The lowest BCUT2D eigenvalue weighted by Crippen LogP contribution is -1.98. The summed E-state index contributed by atoms with van der Waals surface area (Å²) in [5.41, 5.74) is 7.98. The zero-order valence-electron chi connectivity index (χ0n) is 9.29. The van der Waals surface area contributed by atoms with Crippen LogP contribution in [0.5, 0.6) is 0 Å². The van der Waals surface area contributed by atoms with E-state index in [1.807, 2.05) is 13.0 Å². The summed E-state index contributed by atoms with van der Waals surface area (Å²) < 4.78 is 4.76. The number of carbonyl (C=O) groups excluding carboxylic acids is 1. The Hall–Kier alpha value is -1.48. The van der Waals surface area contributed by atoms with Gasteiger partial charge < -0.3 is 10.5 Å². The number of carbonyl (C=O) groups is 1. The lowest BCUT2D eigenvalue weighted by Gasteiger charge is -2.04. The second-order valence-corrected chi connectivity index (χ2v) is 3.73. The van der Waals surface area contributed by atoms with Crippen molar-refractivity contribution in [3.63, 3.8) is 0 Å². The molecule has 0 saturated carbocycles. The molecule has 0 bridgehead atoms. The Morgan fingerprint density at radius 1 is 1.56 bits per heavy atom. The van der Waals surface area contributed by atoms with Gasteiger partial charge in [-0.1, -0.05) is 11.6 Å². The average Bonchev–Trinajstić information content (AvgIpc) is 2.23. The van der Waals surface area contributed by atoms with E-state index in [4.69, 9.17) is 22.1 Å². The van der Waals surface area contributed by atoms with Crippen LogP contribution in [0.3, 0.4) is 0 Å². The van der Waals surface area contributed by atoms with Crippen LogP contribution in [-0.4, -0.2) is 12.6 Å². The first-order valence-corrected chi connectivity index (χ1v) is 5.33. The first-order chi connectivity index (χ1) is 7.54. The van der Waals surface area contributed by atoms with Crippen LogP contribution in [0.1, 0.15) is 18.1 Å². The van der Waals surface area contributed by atoms with Crippen LogP contribution in [0, 0.1) is 6.92 Å². The molecule has 3 nitrogen and oxygen atoms in total. The number of rotatable bonds is 3. The highest BCUT2D eigenvalue weighted by Crippen LogP contribution is 2.24. The lowest BCUT2D eigenvalue weighted by molar-refractivity contribution is -0.137. The van der Waals surface area contributed by atoms with Crippen LogP contribution in [0.25, 0.3) is 6.08 Å². The molecule has 0 atom stereocenters. The minimum atomic E-state index is -0.367. The van der Waals surface area contributed by atoms with Gasteiger partial charge in [-0.25, -0.2) is 4.79 Å². The summed E-state index contributed by atoms with van der Waals surface area (Å²) in [5, 5.41) is 0.489. The van der Waals surface area contributed by atoms with Crippen LogP contribution in [0.4, 0.5) is 5.69 Å². The molecule has 0 heterocycles. The third-order valence-corrected chi connectivity index (χ3v) is 2.37. The minimum Gasteiger partial charge on any atom is -0.463 e. The molecule has 1 rings (SSSR count). The van der Waals surface area contributed by atoms with E-state index >= 15 is 0 Å². The smallest absolute Gasteiger partial charge is 0.330 e. The van der Waals surface area contributed by atoms with Gasteiger partial charge in [0.05, 0.1) is 17.3 Å². The van der Waals surface area contributed by atoms with E-state index < -0.39 is 0 Å². The molecule has 0 saturated heterocycles. The number of ether oxygens (including phenoxy) is 1. The Labute approximate surface area is 99.8 Å². The molecular formula is C12H14ClNO2. The van der Waals surface area contributed by atoms with Crippen molar-refractivity contribution in [1.29, 1.82) is 0 Å². The lowest BCUT2D eigenvalue weighted by atomic mass is 10.1. The van der Waals surface area contributed by atoms with Crippen molar-refractivity contribution in [2.45, 2.75) is 13.8 Å². The van der Waals surface area contributed by atoms with Crippen molar-refractivity contribution in [3.8, 4) is 0 Å². The van der Waals surface area contributed by atoms with Gasteiger partial charge >= 0.3 is 5.97 Å². The molecule has 0 radical (unpaired) electrons. The number of halogens is 1. The second kappa shape index (κ2) is 5.56. The largest absolute Gasteiger partial charge is 0.463 e. The van der Waals surface area contributed by atoms with Crippen molar-refractivity contribution in [2.75, 3.05) is 12.3 Å². The van der Waals surface area contributed by atoms with Gasteiger partial charge in [0.15, 0.2) is 0 Å². The molecule has 4 heteroatoms. The summed E-state index contributed by atoms with van der Waals surface area (Å²) in [6.07, 6.45) is 3.01. The normalized spacial score (nSPS) is 10.7. The van der Waals surface area contributed by atoms with Crippen molar-refractivity contribution in [1.82, 2.24) is 0 Å². The van der Waals surface area contributed by atoms with E-state index in [-0.39, 0.29) is 5.97 Å². The highest BCUT2D eigenvalue weighted by molar-refractivity contribution is 6.33. The summed E-state index contributed by atoms with van der Waals surface area (Å²) >= 11 is 5.92. The number of aryl methyl sites for hydroxylation is 1. The summed E-state index contributed by atoms with van der Waals surface area (Å²) in [4.78, 5) is 11.1. The molecule has 0 aromatic heterocycles. The molecule has 0 spiro atoms. The number of benzene rings is 1. The van der Waals surface area contributed by atoms with Crippen LogP contribution >= 0.6 is 11.6 Å². The van der Waals surface area contributed by atoms with E-state index in [1.165, 1.54) is 6.08 Å². The van der Waals surface area contributed by atoms with E-state index in [9.17, 15) is 4.79 Å². The highest BCUT2D eigenvalue weighted by atomic mass is 35.5. The summed E-state index contributed by atoms with van der Waals surface area (Å²) in [5.74, 6) is -0.367. The number of nitrogen functional groups attached to an aromatic ring is 1. The van der Waals surface area contributed by atoms with Crippen LogP contribution in [0.15, 0.2) is 18.2 Å². The van der Waals surface area contributed by atoms with Crippen molar-refractivity contribution in [2.24, 2.45) is 0 Å². The van der Waals surface area contributed by atoms with Crippen LogP contribution < -0.4 is 5.73 Å². The van der Waals surface area contributed by atoms with Crippen molar-refractivity contribution < 1.29 is 9.53 Å². The maximum atomic E-state index is 11.1. The van der Waals surface area contributed by atoms with Crippen LogP contribution in [0.2, 0.25) is 5.02 Å². The van der Waals surface area contributed by atoms with Crippen molar-refractivity contribution in [3.05, 3.63) is 34.4 Å². The maximum Gasteiger partial charge on any atom is 0.330 e. The fraction of sp³-hybridized carbons (Fsp3) is 0.250. The Balaban J connectivity index is 2.86. The Bertz CT molecular complexity index is 404. The fourth-order valence-corrected chi connectivity index (χ4v) is 1.51. The fourth-order valence-electron chi connectivity index (χ4n) is 1.23. The molecule has 1 aromatic rings. The maximum absolute atomic E-state index is 11.1. The van der Waals surface area contributed by atoms with Gasteiger partial charge in [0, 0.05) is 6.08 Å². The van der Waals surface area contributed by atoms with E-state index in [0.717, 1.165) is 11.1 Å². The predicted molar refractivity (Wildman–Crippen MR) is 66.3 cm³/mol. The first kappa shape index (κ1) is 12.6. The van der Waals surface area contributed by atoms with Crippen LogP contribution in [-0.2, 0) is 9.53 Å². The Morgan fingerprint density at radius 2 is 2.25 bits per heavy atom. The molecule has 86 valence electrons. The number of hydrogen-bond acceptors (Lipinski definition) is 3. The molecule has 16 heavy (non-hydrogen) atoms. The second-order valence-electron chi connectivity index (χ2n) is 3.32. The highest BCUT2D eigenvalue weighted by Gasteiger charge is 2.01. The first-order valence-electron chi connectivity index (χ1n) is 4.95. The van der Waals surface area contributed by atoms with Gasteiger partial charge in [-0.3, -0.25) is 0 Å². The van der Waals surface area contributed by atoms with Crippen molar-refractivity contribution >= 4 is 29.3 Å².